The van der Waals surface area contributed by atoms with Crippen molar-refractivity contribution in [3.05, 3.63) is 0 Å². The van der Waals surface area contributed by atoms with Crippen molar-refractivity contribution < 1.29 is 19.0 Å². The maximum atomic E-state index is 13.7. The van der Waals surface area contributed by atoms with Crippen LogP contribution in [0.2, 0.25) is 0 Å². The Morgan fingerprint density at radius 1 is 1.61 bits per heavy atom. The zero-order valence-electron chi connectivity index (χ0n) is 10.9. The third kappa shape index (κ3) is 3.10. The lowest BCUT2D eigenvalue weighted by Crippen LogP contribution is -2.62. The highest BCUT2D eigenvalue weighted by molar-refractivity contribution is 5.69. The molecule has 1 N–H and O–H groups in total. The summed E-state index contributed by atoms with van der Waals surface area (Å²) in [7, 11) is 0. The Morgan fingerprint density at radius 2 is 2.17 bits per heavy atom. The number of carbonyl (C=O) groups excluding carboxylic acids is 1. The van der Waals surface area contributed by atoms with E-state index >= 15 is 0 Å². The Morgan fingerprint density at radius 3 is 2.56 bits per heavy atom. The molecule has 18 heavy (non-hydrogen) atoms. The first-order valence-electron chi connectivity index (χ1n) is 5.88. The summed E-state index contributed by atoms with van der Waals surface area (Å²) in [6, 6.07) is 1.91. The molecule has 102 valence electrons. The Kier molecular flexibility index (Phi) is 4.17. The number of likely N-dealkylation sites (tertiary alicyclic amines) is 1. The molecule has 6 heteroatoms. The largest absolute Gasteiger partial charge is 0.444 e. The standard InChI is InChI=1S/C12H19FN2O3/c1-11(2,3)18-10(17)15-7-12(6-14,8-15)9(13)4-5-16/h9,16H,4-5,7-8H2,1-3H3. The Balaban J connectivity index is 2.55. The number of aliphatic hydroxyl groups is 1. The zero-order valence-corrected chi connectivity index (χ0v) is 10.9. The van der Waals surface area contributed by atoms with E-state index in [9.17, 15) is 9.18 Å². The molecular weight excluding hydrogens is 239 g/mol. The van der Waals surface area contributed by atoms with E-state index in [1.54, 1.807) is 20.8 Å². The first kappa shape index (κ1) is 14.7. The molecule has 0 radical (unpaired) electrons. The molecule has 1 amide bonds. The van der Waals surface area contributed by atoms with Crippen molar-refractivity contribution in [2.75, 3.05) is 19.7 Å². The highest BCUT2D eigenvalue weighted by atomic mass is 19.1. The minimum absolute atomic E-state index is 0.0135. The van der Waals surface area contributed by atoms with Gasteiger partial charge in [-0.15, -0.1) is 0 Å². The van der Waals surface area contributed by atoms with E-state index in [4.69, 9.17) is 15.1 Å². The predicted octanol–water partition coefficient (Wildman–Crippen LogP) is 1.47. The smallest absolute Gasteiger partial charge is 0.410 e. The van der Waals surface area contributed by atoms with Gasteiger partial charge in [0.2, 0.25) is 0 Å². The number of aliphatic hydroxyl groups excluding tert-OH is 1. The van der Waals surface area contributed by atoms with E-state index in [0.717, 1.165) is 0 Å². The quantitative estimate of drug-likeness (QED) is 0.831. The summed E-state index contributed by atoms with van der Waals surface area (Å²) in [6.45, 7) is 4.94. The third-order valence-corrected chi connectivity index (χ3v) is 2.80. The van der Waals surface area contributed by atoms with Crippen LogP contribution in [0.15, 0.2) is 0 Å². The molecule has 1 aliphatic rings. The van der Waals surface area contributed by atoms with Crippen molar-refractivity contribution in [2.45, 2.75) is 39.0 Å². The van der Waals surface area contributed by atoms with Crippen molar-refractivity contribution in [3.8, 4) is 6.07 Å². The second kappa shape index (κ2) is 5.11. The second-order valence-electron chi connectivity index (χ2n) is 5.58. The number of carbonyl (C=O) groups is 1. The molecule has 1 aliphatic heterocycles. The minimum Gasteiger partial charge on any atom is -0.444 e. The van der Waals surface area contributed by atoms with Gasteiger partial charge in [-0.05, 0) is 20.8 Å². The van der Waals surface area contributed by atoms with Gasteiger partial charge in [-0.25, -0.2) is 9.18 Å². The molecule has 1 saturated heterocycles. The number of amides is 1. The van der Waals surface area contributed by atoms with Gasteiger partial charge in [-0.3, -0.25) is 0 Å². The highest BCUT2D eigenvalue weighted by Crippen LogP contribution is 2.37. The summed E-state index contributed by atoms with van der Waals surface area (Å²) in [4.78, 5) is 13.0. The van der Waals surface area contributed by atoms with Crippen LogP contribution in [0.5, 0.6) is 0 Å². The van der Waals surface area contributed by atoms with Crippen molar-refractivity contribution in [1.82, 2.24) is 4.90 Å². The molecule has 1 atom stereocenters. The maximum Gasteiger partial charge on any atom is 0.410 e. The Bertz CT molecular complexity index is 353. The molecule has 5 nitrogen and oxygen atoms in total. The predicted molar refractivity (Wildman–Crippen MR) is 62.5 cm³/mol. The topological polar surface area (TPSA) is 73.6 Å². The van der Waals surface area contributed by atoms with Gasteiger partial charge in [0.25, 0.3) is 0 Å². The summed E-state index contributed by atoms with van der Waals surface area (Å²) in [5.41, 5.74) is -1.80. The summed E-state index contributed by atoms with van der Waals surface area (Å²) in [6.07, 6.45) is -2.05. The molecule has 0 aromatic heterocycles. The lowest BCUT2D eigenvalue weighted by atomic mass is 9.76. The van der Waals surface area contributed by atoms with Gasteiger partial charge in [-0.1, -0.05) is 0 Å². The van der Waals surface area contributed by atoms with Gasteiger partial charge in [0, 0.05) is 26.1 Å². The van der Waals surface area contributed by atoms with Gasteiger partial charge in [0.15, 0.2) is 0 Å². The van der Waals surface area contributed by atoms with Crippen molar-refractivity contribution in [3.63, 3.8) is 0 Å². The number of nitriles is 1. The van der Waals surface area contributed by atoms with Gasteiger partial charge >= 0.3 is 6.09 Å². The highest BCUT2D eigenvalue weighted by Gasteiger charge is 2.52. The van der Waals surface area contributed by atoms with Crippen LogP contribution in [0.1, 0.15) is 27.2 Å². The maximum absolute atomic E-state index is 13.7. The van der Waals surface area contributed by atoms with Crippen LogP contribution in [0.3, 0.4) is 0 Å². The fourth-order valence-electron chi connectivity index (χ4n) is 1.82. The molecule has 0 spiro atoms. The number of hydrogen-bond acceptors (Lipinski definition) is 4. The Hall–Kier alpha value is -1.35. The van der Waals surface area contributed by atoms with Crippen LogP contribution in [0, 0.1) is 16.7 Å². The zero-order chi connectivity index (χ0) is 14.0. The van der Waals surface area contributed by atoms with Crippen molar-refractivity contribution in [2.24, 2.45) is 5.41 Å². The number of nitrogens with zero attached hydrogens (tertiary/aromatic N) is 2. The summed E-state index contributed by atoms with van der Waals surface area (Å²) < 4.78 is 18.8. The van der Waals surface area contributed by atoms with Gasteiger partial charge in [0.05, 0.1) is 6.07 Å². The van der Waals surface area contributed by atoms with Crippen LogP contribution in [-0.2, 0) is 4.74 Å². The average Bonchev–Trinajstić information content (AvgIpc) is 2.14. The van der Waals surface area contributed by atoms with Crippen LogP contribution in [0.25, 0.3) is 0 Å². The number of halogens is 1. The molecule has 0 aliphatic carbocycles. The molecular formula is C12H19FN2O3. The number of rotatable bonds is 3. The summed E-state index contributed by atoms with van der Waals surface area (Å²) in [5.74, 6) is 0. The summed E-state index contributed by atoms with van der Waals surface area (Å²) >= 11 is 0. The van der Waals surface area contributed by atoms with E-state index in [1.807, 2.05) is 6.07 Å². The van der Waals surface area contributed by atoms with E-state index in [1.165, 1.54) is 4.90 Å². The van der Waals surface area contributed by atoms with E-state index in [0.29, 0.717) is 0 Å². The lowest BCUT2D eigenvalue weighted by Gasteiger charge is -2.46. The minimum atomic E-state index is -1.42. The van der Waals surface area contributed by atoms with Crippen molar-refractivity contribution in [1.29, 1.82) is 5.26 Å². The fourth-order valence-corrected chi connectivity index (χ4v) is 1.82. The molecule has 0 saturated carbocycles. The molecule has 0 bridgehead atoms. The second-order valence-corrected chi connectivity index (χ2v) is 5.58. The van der Waals surface area contributed by atoms with Crippen molar-refractivity contribution >= 4 is 6.09 Å². The van der Waals surface area contributed by atoms with E-state index < -0.39 is 23.3 Å². The molecule has 1 unspecified atom stereocenters. The fraction of sp³-hybridized carbons (Fsp3) is 0.833. The van der Waals surface area contributed by atoms with E-state index in [2.05, 4.69) is 0 Å². The summed E-state index contributed by atoms with van der Waals surface area (Å²) in [5, 5.41) is 17.7. The van der Waals surface area contributed by atoms with Gasteiger partial charge < -0.3 is 14.7 Å². The first-order chi connectivity index (χ1) is 8.24. The average molecular weight is 258 g/mol. The van der Waals surface area contributed by atoms with Gasteiger partial charge in [0.1, 0.15) is 17.2 Å². The number of alkyl halides is 1. The lowest BCUT2D eigenvalue weighted by molar-refractivity contribution is -0.0445. The monoisotopic (exact) mass is 258 g/mol. The van der Waals surface area contributed by atoms with Gasteiger partial charge in [-0.2, -0.15) is 5.26 Å². The van der Waals surface area contributed by atoms with Crippen LogP contribution in [-0.4, -0.2) is 47.6 Å². The SMILES string of the molecule is CC(C)(C)OC(=O)N1CC(C#N)(C(F)CCO)C1. The Labute approximate surface area is 106 Å². The normalized spacial score (nSPS) is 19.7. The molecule has 0 aromatic carbocycles. The van der Waals surface area contributed by atoms with Crippen LogP contribution in [0.4, 0.5) is 9.18 Å². The first-order valence-corrected chi connectivity index (χ1v) is 5.88. The number of ether oxygens (including phenoxy) is 1. The van der Waals surface area contributed by atoms with Crippen LogP contribution < -0.4 is 0 Å². The number of hydrogen-bond donors (Lipinski definition) is 1. The molecule has 1 rings (SSSR count). The molecule has 1 fully saturated rings. The van der Waals surface area contributed by atoms with Crippen LogP contribution >= 0.6 is 0 Å². The molecule has 1 heterocycles. The van der Waals surface area contributed by atoms with E-state index in [-0.39, 0.29) is 26.1 Å². The third-order valence-electron chi connectivity index (χ3n) is 2.80. The molecule has 0 aromatic rings.